The Labute approximate surface area is 99.5 Å². The van der Waals surface area contributed by atoms with E-state index in [1.807, 2.05) is 0 Å². The van der Waals surface area contributed by atoms with Crippen LogP contribution >= 0.6 is 0 Å². The average molecular weight is 303 g/mol. The second-order valence-electron chi connectivity index (χ2n) is 3.97. The molecule has 2 nitrogen and oxygen atoms in total. The molecule has 0 radical (unpaired) electrons. The van der Waals surface area contributed by atoms with Crippen LogP contribution in [0.1, 0.15) is 12.8 Å². The molecular weight excluding hydrogens is 297 g/mol. The predicted octanol–water partition coefficient (Wildman–Crippen LogP) is 2.73. The lowest BCUT2D eigenvalue weighted by molar-refractivity contribution is -0.388. The van der Waals surface area contributed by atoms with Crippen LogP contribution in [0.3, 0.4) is 0 Å². The summed E-state index contributed by atoms with van der Waals surface area (Å²) in [6.07, 6.45) is -6.61. The molecule has 0 heterocycles. The maximum atomic E-state index is 12.9. The maximum Gasteiger partial charge on any atom is 0.460 e. The molecule has 1 rings (SSSR count). The minimum Gasteiger partial charge on any atom is -0.348 e. The van der Waals surface area contributed by atoms with Gasteiger partial charge >= 0.3 is 23.9 Å². The Morgan fingerprint density at radius 1 is 0.842 bits per heavy atom. The van der Waals surface area contributed by atoms with Gasteiger partial charge in [0.15, 0.2) is 0 Å². The third-order valence-electron chi connectivity index (χ3n) is 2.34. The summed E-state index contributed by atoms with van der Waals surface area (Å²) in [5, 5.41) is 1.25. The Hall–Kier alpha value is -1.16. The van der Waals surface area contributed by atoms with Crippen LogP contribution in [0.5, 0.6) is 0 Å². The first-order valence-corrected chi connectivity index (χ1v) is 4.76. The molecule has 0 aliphatic heterocycles. The van der Waals surface area contributed by atoms with Crippen LogP contribution in [-0.4, -0.2) is 35.9 Å². The quantitative estimate of drug-likeness (QED) is 0.795. The van der Waals surface area contributed by atoms with Crippen molar-refractivity contribution >= 4 is 5.91 Å². The molecule has 1 aliphatic carbocycles. The van der Waals surface area contributed by atoms with Crippen molar-refractivity contribution in [2.24, 2.45) is 0 Å². The molecule has 0 atom stereocenters. The maximum absolute atomic E-state index is 12.9. The Morgan fingerprint density at radius 3 is 1.58 bits per heavy atom. The number of hydrogen-bond donors (Lipinski definition) is 1. The van der Waals surface area contributed by atoms with Crippen molar-refractivity contribution in [1.82, 2.24) is 5.32 Å². The van der Waals surface area contributed by atoms with Crippen LogP contribution in [0.25, 0.3) is 0 Å². The van der Waals surface area contributed by atoms with Crippen molar-refractivity contribution in [2.75, 3.05) is 0 Å². The van der Waals surface area contributed by atoms with Gasteiger partial charge in [0.2, 0.25) is 0 Å². The molecule has 0 saturated heterocycles. The highest BCUT2D eigenvalue weighted by Crippen LogP contribution is 2.53. The average Bonchev–Trinajstić information content (AvgIpc) is 2.99. The first-order valence-electron chi connectivity index (χ1n) is 4.76. The number of carbonyl (C=O) groups is 1. The molecule has 19 heavy (non-hydrogen) atoms. The fourth-order valence-electron chi connectivity index (χ4n) is 1.02. The lowest BCUT2D eigenvalue weighted by atomic mass is 10.0. The topological polar surface area (TPSA) is 29.1 Å². The Kier molecular flexibility index (Phi) is 3.49. The molecule has 1 N–H and O–H groups in total. The van der Waals surface area contributed by atoms with E-state index in [4.69, 9.17) is 0 Å². The van der Waals surface area contributed by atoms with Gasteiger partial charge in [-0.05, 0) is 12.8 Å². The molecule has 1 fully saturated rings. The van der Waals surface area contributed by atoms with E-state index in [-0.39, 0.29) is 12.8 Å². The van der Waals surface area contributed by atoms with Crippen LogP contribution in [-0.2, 0) is 4.79 Å². The van der Waals surface area contributed by atoms with E-state index in [1.165, 1.54) is 5.32 Å². The standard InChI is InChI=1S/C8H6F9NO/c9-5(10,4(19)18-3-1-2-3)6(11,12)7(13,14)8(15,16)17/h3H,1-2H2,(H,18,19). The molecule has 0 spiro atoms. The lowest BCUT2D eigenvalue weighted by Crippen LogP contribution is -2.65. The molecule has 0 bridgehead atoms. The van der Waals surface area contributed by atoms with Crippen LogP contribution in [0.4, 0.5) is 39.5 Å². The lowest BCUT2D eigenvalue weighted by Gasteiger charge is -2.32. The summed E-state index contributed by atoms with van der Waals surface area (Å²) < 4.78 is 111. The van der Waals surface area contributed by atoms with E-state index in [1.54, 1.807) is 0 Å². The summed E-state index contributed by atoms with van der Waals surface area (Å²) in [6.45, 7) is 0. The van der Waals surface area contributed by atoms with Gasteiger partial charge in [0.25, 0.3) is 5.91 Å². The summed E-state index contributed by atoms with van der Waals surface area (Å²) >= 11 is 0. The van der Waals surface area contributed by atoms with Crippen molar-refractivity contribution in [3.63, 3.8) is 0 Å². The van der Waals surface area contributed by atoms with E-state index in [9.17, 15) is 44.3 Å². The minimum atomic E-state index is -7.04. The second-order valence-corrected chi connectivity index (χ2v) is 3.97. The van der Waals surface area contributed by atoms with Crippen LogP contribution in [0.15, 0.2) is 0 Å². The molecule has 0 aromatic heterocycles. The summed E-state index contributed by atoms with van der Waals surface area (Å²) in [5.41, 5.74) is 0. The fourth-order valence-corrected chi connectivity index (χ4v) is 1.02. The van der Waals surface area contributed by atoms with E-state index < -0.39 is 35.9 Å². The van der Waals surface area contributed by atoms with Gasteiger partial charge in [-0.15, -0.1) is 0 Å². The number of alkyl halides is 9. The number of amides is 1. The molecule has 0 aromatic rings. The third-order valence-corrected chi connectivity index (χ3v) is 2.34. The Balaban J connectivity index is 3.05. The van der Waals surface area contributed by atoms with Gasteiger partial charge in [-0.1, -0.05) is 0 Å². The summed E-state index contributed by atoms with van der Waals surface area (Å²) in [5.74, 6) is -23.0. The van der Waals surface area contributed by atoms with Crippen LogP contribution in [0.2, 0.25) is 0 Å². The minimum absolute atomic E-state index is 0.156. The number of nitrogens with one attached hydrogen (secondary N) is 1. The smallest absolute Gasteiger partial charge is 0.348 e. The van der Waals surface area contributed by atoms with Gasteiger partial charge in [-0.2, -0.15) is 39.5 Å². The van der Waals surface area contributed by atoms with Crippen molar-refractivity contribution in [2.45, 2.75) is 42.8 Å². The van der Waals surface area contributed by atoms with Crippen molar-refractivity contribution in [3.8, 4) is 0 Å². The first kappa shape index (κ1) is 15.9. The van der Waals surface area contributed by atoms with Gasteiger partial charge < -0.3 is 5.32 Å². The number of halogens is 9. The van der Waals surface area contributed by atoms with Gasteiger partial charge in [0, 0.05) is 6.04 Å². The largest absolute Gasteiger partial charge is 0.460 e. The van der Waals surface area contributed by atoms with Gasteiger partial charge in [-0.3, -0.25) is 4.79 Å². The normalized spacial score (nSPS) is 18.4. The second kappa shape index (κ2) is 4.17. The van der Waals surface area contributed by atoms with Crippen LogP contribution < -0.4 is 5.32 Å². The molecule has 0 aromatic carbocycles. The Bertz CT molecular complexity index is 371. The highest BCUT2D eigenvalue weighted by atomic mass is 19.4. The first-order chi connectivity index (χ1) is 8.25. The molecule has 11 heteroatoms. The van der Waals surface area contributed by atoms with Crippen LogP contribution in [0, 0.1) is 0 Å². The van der Waals surface area contributed by atoms with E-state index in [2.05, 4.69) is 0 Å². The highest BCUT2D eigenvalue weighted by Gasteiger charge is 2.83. The van der Waals surface area contributed by atoms with E-state index >= 15 is 0 Å². The number of carbonyl (C=O) groups excluding carboxylic acids is 1. The molecule has 112 valence electrons. The van der Waals surface area contributed by atoms with Crippen molar-refractivity contribution < 1.29 is 44.3 Å². The predicted molar refractivity (Wildman–Crippen MR) is 42.1 cm³/mol. The SMILES string of the molecule is O=C(NC1CC1)C(F)(F)C(F)(F)C(F)(F)C(F)(F)F. The van der Waals surface area contributed by atoms with Gasteiger partial charge in [-0.25, -0.2) is 0 Å². The highest BCUT2D eigenvalue weighted by molar-refractivity contribution is 5.85. The zero-order chi connectivity index (χ0) is 15.3. The fraction of sp³-hybridized carbons (Fsp3) is 0.875. The van der Waals surface area contributed by atoms with Crippen molar-refractivity contribution in [1.29, 1.82) is 0 Å². The molecule has 0 unspecified atom stereocenters. The zero-order valence-electron chi connectivity index (χ0n) is 8.80. The summed E-state index contributed by atoms with van der Waals surface area (Å²) in [7, 11) is 0. The summed E-state index contributed by atoms with van der Waals surface area (Å²) in [6, 6.07) is -0.909. The Morgan fingerprint density at radius 2 is 1.26 bits per heavy atom. The summed E-state index contributed by atoms with van der Waals surface area (Å²) in [4.78, 5) is 10.7. The van der Waals surface area contributed by atoms with E-state index in [0.717, 1.165) is 0 Å². The number of hydrogen-bond acceptors (Lipinski definition) is 1. The van der Waals surface area contributed by atoms with Gasteiger partial charge in [0.1, 0.15) is 0 Å². The molecule has 1 saturated carbocycles. The van der Waals surface area contributed by atoms with E-state index in [0.29, 0.717) is 0 Å². The van der Waals surface area contributed by atoms with Crippen molar-refractivity contribution in [3.05, 3.63) is 0 Å². The molecule has 1 amide bonds. The molecular formula is C8H6F9NO. The third kappa shape index (κ3) is 2.46. The van der Waals surface area contributed by atoms with Gasteiger partial charge in [0.05, 0.1) is 0 Å². The zero-order valence-corrected chi connectivity index (χ0v) is 8.80. The number of rotatable bonds is 4. The monoisotopic (exact) mass is 303 g/mol. The molecule has 1 aliphatic rings.